The summed E-state index contributed by atoms with van der Waals surface area (Å²) < 4.78 is 13.5. The summed E-state index contributed by atoms with van der Waals surface area (Å²) in [4.78, 5) is 57.2. The summed E-state index contributed by atoms with van der Waals surface area (Å²) >= 11 is 0. The average molecular weight is 621 g/mol. The second kappa shape index (κ2) is 13.3. The molecule has 1 spiro atoms. The fourth-order valence-corrected chi connectivity index (χ4v) is 6.82. The van der Waals surface area contributed by atoms with E-state index in [4.69, 9.17) is 9.47 Å². The summed E-state index contributed by atoms with van der Waals surface area (Å²) in [5.41, 5.74) is 0.801. The Morgan fingerprint density at radius 1 is 1.07 bits per heavy atom. The van der Waals surface area contributed by atoms with E-state index in [1.54, 1.807) is 28.9 Å². The van der Waals surface area contributed by atoms with Crippen LogP contribution < -0.4 is 10.6 Å². The Morgan fingerprint density at radius 3 is 2.51 bits per heavy atom. The number of nitrogens with one attached hydrogen (secondary N) is 2. The lowest BCUT2D eigenvalue weighted by molar-refractivity contribution is -0.151. The summed E-state index contributed by atoms with van der Waals surface area (Å²) in [5, 5.41) is 10.00. The molecule has 0 bridgehead atoms. The molecule has 1 aromatic carbocycles. The van der Waals surface area contributed by atoms with Crippen LogP contribution in [0.2, 0.25) is 0 Å². The molecule has 12 heteroatoms. The lowest BCUT2D eigenvalue weighted by atomic mass is 9.71. The summed E-state index contributed by atoms with van der Waals surface area (Å²) in [6.45, 7) is 4.05. The molecule has 4 heterocycles. The quantitative estimate of drug-likeness (QED) is 0.393. The Morgan fingerprint density at radius 2 is 1.82 bits per heavy atom. The van der Waals surface area contributed by atoms with Gasteiger partial charge in [0, 0.05) is 57.9 Å². The molecule has 0 radical (unpaired) electrons. The first-order chi connectivity index (χ1) is 21.8. The average Bonchev–Trinajstić information content (AvgIpc) is 3.55. The number of amides is 4. The largest absolute Gasteiger partial charge is 0.371 e. The first kappa shape index (κ1) is 31.2. The van der Waals surface area contributed by atoms with E-state index in [9.17, 15) is 19.2 Å². The van der Waals surface area contributed by atoms with Crippen LogP contribution in [0.25, 0.3) is 0 Å². The van der Waals surface area contributed by atoms with Crippen LogP contribution in [-0.4, -0.2) is 95.2 Å². The van der Waals surface area contributed by atoms with E-state index in [1.165, 1.54) is 7.05 Å². The Kier molecular flexibility index (Phi) is 9.23. The number of ether oxygens (including phenoxy) is 2. The van der Waals surface area contributed by atoms with Crippen molar-refractivity contribution in [1.82, 2.24) is 30.2 Å². The van der Waals surface area contributed by atoms with Gasteiger partial charge in [-0.2, -0.15) is 5.10 Å². The minimum atomic E-state index is -0.936. The van der Waals surface area contributed by atoms with Gasteiger partial charge in [-0.3, -0.25) is 19.2 Å². The van der Waals surface area contributed by atoms with Crippen molar-refractivity contribution in [3.05, 3.63) is 53.9 Å². The topological polar surface area (TPSA) is 135 Å². The van der Waals surface area contributed by atoms with E-state index >= 15 is 0 Å². The molecule has 4 amide bonds. The van der Waals surface area contributed by atoms with Crippen LogP contribution >= 0.6 is 0 Å². The molecule has 4 fully saturated rings. The van der Waals surface area contributed by atoms with Crippen LogP contribution in [0.3, 0.4) is 0 Å². The fourth-order valence-electron chi connectivity index (χ4n) is 6.82. The normalized spacial score (nSPS) is 23.7. The third kappa shape index (κ3) is 6.91. The van der Waals surface area contributed by atoms with Gasteiger partial charge in [-0.15, -0.1) is 0 Å². The van der Waals surface area contributed by atoms with E-state index in [-0.39, 0.29) is 36.4 Å². The van der Waals surface area contributed by atoms with Gasteiger partial charge in [0.2, 0.25) is 17.7 Å². The zero-order chi connectivity index (χ0) is 31.6. The molecule has 3 aliphatic heterocycles. The van der Waals surface area contributed by atoms with Gasteiger partial charge in [-0.1, -0.05) is 30.3 Å². The van der Waals surface area contributed by atoms with Crippen LogP contribution in [0, 0.1) is 17.3 Å². The van der Waals surface area contributed by atoms with Gasteiger partial charge in [0.05, 0.1) is 30.4 Å². The number of carbonyl (C=O) groups is 4. The number of hydrogen-bond acceptors (Lipinski definition) is 7. The third-order valence-electron chi connectivity index (χ3n) is 9.73. The van der Waals surface area contributed by atoms with Crippen LogP contribution in [0.1, 0.15) is 67.6 Å². The minimum absolute atomic E-state index is 0.104. The third-order valence-corrected chi connectivity index (χ3v) is 9.73. The molecule has 4 atom stereocenters. The highest BCUT2D eigenvalue weighted by atomic mass is 16.5. The first-order valence-electron chi connectivity index (χ1n) is 16.2. The predicted molar refractivity (Wildman–Crippen MR) is 164 cm³/mol. The summed E-state index contributed by atoms with van der Waals surface area (Å²) in [5.74, 6) is -0.934. The highest BCUT2D eigenvalue weighted by Gasteiger charge is 2.59. The molecule has 1 unspecified atom stereocenters. The maximum Gasteiger partial charge on any atom is 0.257 e. The standard InChI is InChI=1S/C33H44N6O6/c1-22(45-18-24-8-4-3-5-9-24)29(31(42)34-2)36-30(41)26-17-37(19-33(26)20-38(21-33)27(40)14-23-11-12-23)32(43)25-15-35-39(16-25)28-10-6-7-13-44-28/h3-5,8-9,15-16,22-23,26,28-29H,6-7,10-14,17-21H2,1-2H3,(H,34,42)(H,36,41)/t22-,26+,28?,29+/m1/s1. The van der Waals surface area contributed by atoms with Gasteiger partial charge < -0.3 is 29.9 Å². The lowest BCUT2D eigenvalue weighted by Gasteiger charge is -2.50. The zero-order valence-corrected chi connectivity index (χ0v) is 26.2. The molecular weight excluding hydrogens is 576 g/mol. The van der Waals surface area contributed by atoms with Gasteiger partial charge in [-0.05, 0) is 50.5 Å². The van der Waals surface area contributed by atoms with Crippen molar-refractivity contribution in [3.8, 4) is 0 Å². The van der Waals surface area contributed by atoms with E-state index in [0.29, 0.717) is 50.8 Å². The van der Waals surface area contributed by atoms with Crippen molar-refractivity contribution in [2.24, 2.45) is 17.3 Å². The number of likely N-dealkylation sites (tertiary alicyclic amines) is 2. The number of benzene rings is 1. The molecule has 6 rings (SSSR count). The summed E-state index contributed by atoms with van der Waals surface area (Å²) in [6, 6.07) is 8.69. The first-order valence-corrected chi connectivity index (χ1v) is 16.2. The van der Waals surface area contributed by atoms with Crippen LogP contribution in [-0.2, 0) is 30.5 Å². The number of aromatic nitrogens is 2. The molecule has 2 aromatic rings. The monoisotopic (exact) mass is 620 g/mol. The number of rotatable bonds is 11. The molecule has 1 aliphatic carbocycles. The van der Waals surface area contributed by atoms with E-state index in [1.807, 2.05) is 35.2 Å². The van der Waals surface area contributed by atoms with Crippen molar-refractivity contribution in [3.63, 3.8) is 0 Å². The molecular formula is C33H44N6O6. The van der Waals surface area contributed by atoms with Crippen molar-refractivity contribution in [2.75, 3.05) is 39.8 Å². The van der Waals surface area contributed by atoms with Gasteiger partial charge in [0.1, 0.15) is 12.3 Å². The number of nitrogens with zero attached hydrogens (tertiary/aromatic N) is 4. The van der Waals surface area contributed by atoms with Gasteiger partial charge in [-0.25, -0.2) is 4.68 Å². The molecule has 1 saturated carbocycles. The highest BCUT2D eigenvalue weighted by Crippen LogP contribution is 2.46. The molecule has 45 heavy (non-hydrogen) atoms. The minimum Gasteiger partial charge on any atom is -0.371 e. The van der Waals surface area contributed by atoms with Crippen molar-refractivity contribution < 1.29 is 28.7 Å². The zero-order valence-electron chi connectivity index (χ0n) is 26.2. The molecule has 3 saturated heterocycles. The fraction of sp³-hybridized carbons (Fsp3) is 0.606. The van der Waals surface area contributed by atoms with E-state index in [2.05, 4.69) is 15.7 Å². The number of hydrogen-bond donors (Lipinski definition) is 2. The van der Waals surface area contributed by atoms with Crippen LogP contribution in [0.15, 0.2) is 42.7 Å². The number of carbonyl (C=O) groups excluding carboxylic acids is 4. The Balaban J connectivity index is 1.16. The molecule has 242 valence electrons. The van der Waals surface area contributed by atoms with Gasteiger partial charge >= 0.3 is 0 Å². The van der Waals surface area contributed by atoms with Gasteiger partial charge in [0.25, 0.3) is 5.91 Å². The van der Waals surface area contributed by atoms with Crippen molar-refractivity contribution in [1.29, 1.82) is 0 Å². The molecule has 2 N–H and O–H groups in total. The molecule has 1 aromatic heterocycles. The van der Waals surface area contributed by atoms with Crippen molar-refractivity contribution in [2.45, 2.75) is 70.4 Å². The maximum atomic E-state index is 14.0. The Hall–Kier alpha value is -3.77. The molecule has 12 nitrogen and oxygen atoms in total. The van der Waals surface area contributed by atoms with Crippen LogP contribution in [0.5, 0.6) is 0 Å². The van der Waals surface area contributed by atoms with E-state index in [0.717, 1.165) is 37.7 Å². The van der Waals surface area contributed by atoms with Crippen molar-refractivity contribution >= 4 is 23.6 Å². The summed E-state index contributed by atoms with van der Waals surface area (Å²) in [7, 11) is 1.52. The van der Waals surface area contributed by atoms with E-state index < -0.39 is 23.5 Å². The Bertz CT molecular complexity index is 1380. The number of likely N-dealkylation sites (N-methyl/N-ethyl adjacent to an activating group) is 1. The second-order valence-corrected chi connectivity index (χ2v) is 13.1. The van der Waals surface area contributed by atoms with Crippen LogP contribution in [0.4, 0.5) is 0 Å². The summed E-state index contributed by atoms with van der Waals surface area (Å²) in [6.07, 6.45) is 8.08. The SMILES string of the molecule is CNC(=O)[C@@H](NC(=O)[C@@H]1CN(C(=O)c2cnn(C3CCCCO3)c2)CC12CN(C(=O)CC1CC1)C2)[C@@H](C)OCc1ccccc1. The molecule has 4 aliphatic rings. The highest BCUT2D eigenvalue weighted by molar-refractivity contribution is 5.95. The predicted octanol–water partition coefficient (Wildman–Crippen LogP) is 2.12. The second-order valence-electron chi connectivity index (χ2n) is 13.1. The lowest BCUT2D eigenvalue weighted by Crippen LogP contribution is -2.65. The smallest absolute Gasteiger partial charge is 0.257 e. The Labute approximate surface area is 263 Å². The van der Waals surface area contributed by atoms with Gasteiger partial charge in [0.15, 0.2) is 0 Å². The maximum absolute atomic E-state index is 14.0.